The van der Waals surface area contributed by atoms with E-state index >= 15 is 0 Å². The molecule has 0 fully saturated rings. The van der Waals surface area contributed by atoms with E-state index in [1.54, 1.807) is 6.07 Å². The molecule has 5 heteroatoms. The van der Waals surface area contributed by atoms with Gasteiger partial charge in [0.1, 0.15) is 17.3 Å². The molecule has 2 rings (SSSR count). The molecule has 0 aliphatic rings. The smallest absolute Gasteiger partial charge is 0.180 e. The third-order valence-electron chi connectivity index (χ3n) is 2.88. The third kappa shape index (κ3) is 2.86. The first-order valence-corrected chi connectivity index (χ1v) is 6.39. The number of hydrogen-bond donors (Lipinski definition) is 1. The van der Waals surface area contributed by atoms with E-state index in [9.17, 15) is 4.39 Å². The van der Waals surface area contributed by atoms with Crippen LogP contribution < -0.4 is 5.32 Å². The Morgan fingerprint density at radius 3 is 2.58 bits per heavy atom. The van der Waals surface area contributed by atoms with Crippen molar-refractivity contribution in [1.29, 1.82) is 0 Å². The molecule has 0 saturated carbocycles. The van der Waals surface area contributed by atoms with E-state index in [1.807, 2.05) is 20.8 Å². The van der Waals surface area contributed by atoms with Gasteiger partial charge in [-0.3, -0.25) is 0 Å². The van der Waals surface area contributed by atoms with E-state index in [-0.39, 0.29) is 5.82 Å². The van der Waals surface area contributed by atoms with E-state index in [1.165, 1.54) is 12.3 Å². The Kier molecular flexibility index (Phi) is 4.04. The topological polar surface area (TPSA) is 50.7 Å². The Bertz CT molecular complexity index is 566. The van der Waals surface area contributed by atoms with Gasteiger partial charge >= 0.3 is 0 Å². The highest BCUT2D eigenvalue weighted by atomic mass is 19.1. The van der Waals surface area contributed by atoms with E-state index in [4.69, 9.17) is 0 Å². The zero-order chi connectivity index (χ0) is 13.8. The van der Waals surface area contributed by atoms with Crippen LogP contribution in [0.1, 0.15) is 25.1 Å². The van der Waals surface area contributed by atoms with Crippen LogP contribution in [0.5, 0.6) is 0 Å². The van der Waals surface area contributed by atoms with E-state index in [0.717, 1.165) is 30.0 Å². The molecule has 0 aromatic carbocycles. The Morgan fingerprint density at radius 1 is 1.21 bits per heavy atom. The van der Waals surface area contributed by atoms with Crippen molar-refractivity contribution in [2.45, 2.75) is 27.2 Å². The van der Waals surface area contributed by atoms with Gasteiger partial charge in [-0.15, -0.1) is 0 Å². The Labute approximate surface area is 112 Å². The molecule has 2 aromatic rings. The van der Waals surface area contributed by atoms with Gasteiger partial charge < -0.3 is 5.32 Å². The fraction of sp³-hybridized carbons (Fsp3) is 0.357. The molecule has 100 valence electrons. The molecule has 0 unspecified atom stereocenters. The maximum atomic E-state index is 12.9. The summed E-state index contributed by atoms with van der Waals surface area (Å²) in [5, 5.41) is 3.22. The molecule has 0 aliphatic heterocycles. The second-order valence-electron chi connectivity index (χ2n) is 4.21. The Morgan fingerprint density at radius 2 is 2.00 bits per heavy atom. The average Bonchev–Trinajstić information content (AvgIpc) is 2.42. The van der Waals surface area contributed by atoms with Gasteiger partial charge in [0.2, 0.25) is 0 Å². The summed E-state index contributed by atoms with van der Waals surface area (Å²) in [4.78, 5) is 13.0. The summed E-state index contributed by atoms with van der Waals surface area (Å²) in [5.41, 5.74) is 2.61. The van der Waals surface area contributed by atoms with Gasteiger partial charge in [-0.05, 0) is 32.4 Å². The lowest BCUT2D eigenvalue weighted by atomic mass is 10.2. The molecule has 0 amide bonds. The summed E-state index contributed by atoms with van der Waals surface area (Å²) in [5.74, 6) is 0.979. The lowest BCUT2D eigenvalue weighted by Crippen LogP contribution is -2.08. The van der Waals surface area contributed by atoms with Crippen molar-refractivity contribution in [3.63, 3.8) is 0 Å². The lowest BCUT2D eigenvalue weighted by molar-refractivity contribution is 0.621. The zero-order valence-corrected chi connectivity index (χ0v) is 11.4. The van der Waals surface area contributed by atoms with E-state index in [2.05, 4.69) is 20.3 Å². The summed E-state index contributed by atoms with van der Waals surface area (Å²) in [6.45, 7) is 6.85. The SMILES string of the molecule is CCNc1nc(-c2ccc(F)cn2)nc(CC)c1C. The van der Waals surface area contributed by atoms with Crippen molar-refractivity contribution >= 4 is 5.82 Å². The van der Waals surface area contributed by atoms with Crippen LogP contribution in [0, 0.1) is 12.7 Å². The van der Waals surface area contributed by atoms with Gasteiger partial charge in [0.15, 0.2) is 5.82 Å². The molecule has 0 spiro atoms. The van der Waals surface area contributed by atoms with Crippen molar-refractivity contribution < 1.29 is 4.39 Å². The normalized spacial score (nSPS) is 10.5. The number of rotatable bonds is 4. The first-order valence-electron chi connectivity index (χ1n) is 6.39. The number of aromatic nitrogens is 3. The number of anilines is 1. The standard InChI is InChI=1S/C14H17FN4/c1-4-11-9(3)13(16-5-2)19-14(18-11)12-7-6-10(15)8-17-12/h6-8H,4-5H2,1-3H3,(H,16,18,19). The highest BCUT2D eigenvalue weighted by molar-refractivity contribution is 5.56. The number of nitrogens with one attached hydrogen (secondary N) is 1. The van der Waals surface area contributed by atoms with Crippen LogP contribution in [-0.2, 0) is 6.42 Å². The average molecular weight is 260 g/mol. The van der Waals surface area contributed by atoms with Gasteiger partial charge in [0.25, 0.3) is 0 Å². The summed E-state index contributed by atoms with van der Waals surface area (Å²) >= 11 is 0. The van der Waals surface area contributed by atoms with Gasteiger partial charge in [0.05, 0.1) is 6.20 Å². The quantitative estimate of drug-likeness (QED) is 0.918. The Hall–Kier alpha value is -2.04. The molecule has 4 nitrogen and oxygen atoms in total. The first kappa shape index (κ1) is 13.4. The van der Waals surface area contributed by atoms with Crippen molar-refractivity contribution in [2.75, 3.05) is 11.9 Å². The van der Waals surface area contributed by atoms with Crippen LogP contribution >= 0.6 is 0 Å². The number of hydrogen-bond acceptors (Lipinski definition) is 4. The van der Waals surface area contributed by atoms with Crippen LogP contribution in [0.2, 0.25) is 0 Å². The molecule has 0 radical (unpaired) electrons. The second-order valence-corrected chi connectivity index (χ2v) is 4.21. The molecule has 0 bridgehead atoms. The minimum absolute atomic E-state index is 0.363. The number of pyridine rings is 1. The first-order chi connectivity index (χ1) is 9.15. The molecule has 0 aliphatic carbocycles. The highest BCUT2D eigenvalue weighted by Crippen LogP contribution is 2.21. The molecule has 0 saturated heterocycles. The maximum Gasteiger partial charge on any atom is 0.180 e. The summed E-state index contributed by atoms with van der Waals surface area (Å²) in [6, 6.07) is 2.96. The Balaban J connectivity index is 2.51. The molecule has 19 heavy (non-hydrogen) atoms. The van der Waals surface area contributed by atoms with Gasteiger partial charge in [-0.1, -0.05) is 6.92 Å². The fourth-order valence-corrected chi connectivity index (χ4v) is 1.87. The molecular formula is C14H17FN4. The van der Waals surface area contributed by atoms with Gasteiger partial charge in [-0.2, -0.15) is 0 Å². The molecular weight excluding hydrogens is 243 g/mol. The van der Waals surface area contributed by atoms with Crippen LogP contribution in [0.4, 0.5) is 10.2 Å². The molecule has 0 atom stereocenters. The van der Waals surface area contributed by atoms with Crippen LogP contribution in [0.15, 0.2) is 18.3 Å². The van der Waals surface area contributed by atoms with Crippen molar-refractivity contribution in [2.24, 2.45) is 0 Å². The largest absolute Gasteiger partial charge is 0.370 e. The van der Waals surface area contributed by atoms with E-state index in [0.29, 0.717) is 11.5 Å². The summed E-state index contributed by atoms with van der Waals surface area (Å²) < 4.78 is 12.9. The minimum atomic E-state index is -0.363. The monoisotopic (exact) mass is 260 g/mol. The fourth-order valence-electron chi connectivity index (χ4n) is 1.87. The summed E-state index contributed by atoms with van der Waals surface area (Å²) in [7, 11) is 0. The van der Waals surface area contributed by atoms with Crippen LogP contribution in [-0.4, -0.2) is 21.5 Å². The van der Waals surface area contributed by atoms with Crippen molar-refractivity contribution in [3.8, 4) is 11.5 Å². The second kappa shape index (κ2) is 5.73. The third-order valence-corrected chi connectivity index (χ3v) is 2.88. The maximum absolute atomic E-state index is 12.9. The molecule has 1 N–H and O–H groups in total. The number of nitrogens with zero attached hydrogens (tertiary/aromatic N) is 3. The predicted molar refractivity (Wildman–Crippen MR) is 73.5 cm³/mol. The number of halogens is 1. The minimum Gasteiger partial charge on any atom is -0.370 e. The lowest BCUT2D eigenvalue weighted by Gasteiger charge is -2.12. The van der Waals surface area contributed by atoms with Gasteiger partial charge in [-0.25, -0.2) is 19.3 Å². The number of aryl methyl sites for hydroxylation is 1. The van der Waals surface area contributed by atoms with Crippen molar-refractivity contribution in [3.05, 3.63) is 35.4 Å². The van der Waals surface area contributed by atoms with Crippen molar-refractivity contribution in [1.82, 2.24) is 15.0 Å². The predicted octanol–water partition coefficient (Wildman–Crippen LogP) is 2.98. The van der Waals surface area contributed by atoms with E-state index < -0.39 is 0 Å². The van der Waals surface area contributed by atoms with Gasteiger partial charge in [0, 0.05) is 17.8 Å². The molecule has 2 aromatic heterocycles. The van der Waals surface area contributed by atoms with Crippen LogP contribution in [0.25, 0.3) is 11.5 Å². The highest BCUT2D eigenvalue weighted by Gasteiger charge is 2.11. The zero-order valence-electron chi connectivity index (χ0n) is 11.4. The summed E-state index contributed by atoms with van der Waals surface area (Å²) in [6.07, 6.45) is 2.00. The van der Waals surface area contributed by atoms with Crippen LogP contribution in [0.3, 0.4) is 0 Å². The molecule has 2 heterocycles.